The second kappa shape index (κ2) is 13.1. The van der Waals surface area contributed by atoms with E-state index in [1.165, 1.54) is 0 Å². The fourth-order valence-corrected chi connectivity index (χ4v) is 7.81. The van der Waals surface area contributed by atoms with Gasteiger partial charge in [0.1, 0.15) is 5.65 Å². The Kier molecular flexibility index (Phi) is 8.77. The number of anilines is 2. The van der Waals surface area contributed by atoms with Gasteiger partial charge in [0.05, 0.1) is 59.1 Å². The van der Waals surface area contributed by atoms with E-state index in [1.54, 1.807) is 9.58 Å². The van der Waals surface area contributed by atoms with Crippen molar-refractivity contribution in [3.05, 3.63) is 66.9 Å². The number of nitrogens with one attached hydrogen (secondary N) is 1. The lowest BCUT2D eigenvalue weighted by molar-refractivity contribution is -0.192. The van der Waals surface area contributed by atoms with E-state index in [9.17, 15) is 23.2 Å². The number of amides is 1. The maximum atomic E-state index is 14.3. The lowest BCUT2D eigenvalue weighted by Gasteiger charge is -2.39. The van der Waals surface area contributed by atoms with E-state index in [1.807, 2.05) is 61.8 Å². The van der Waals surface area contributed by atoms with Gasteiger partial charge in [-0.2, -0.15) is 28.6 Å². The van der Waals surface area contributed by atoms with E-state index >= 15 is 0 Å². The molecule has 4 aromatic heterocycles. The van der Waals surface area contributed by atoms with Gasteiger partial charge in [-0.15, -0.1) is 0 Å². The zero-order valence-electron chi connectivity index (χ0n) is 28.5. The Balaban J connectivity index is 0.000000548. The number of H-pyrrole nitrogens is 1. The van der Waals surface area contributed by atoms with Gasteiger partial charge in [-0.05, 0) is 31.2 Å². The van der Waals surface area contributed by atoms with E-state index in [4.69, 9.17) is 24.7 Å². The Bertz CT molecular complexity index is 2170. The highest BCUT2D eigenvalue weighted by molar-refractivity contribution is 6.16. The lowest BCUT2D eigenvalue weighted by Crippen LogP contribution is -2.48. The van der Waals surface area contributed by atoms with Crippen LogP contribution in [0.3, 0.4) is 0 Å². The number of likely N-dealkylation sites (N-methyl/N-ethyl adjacent to an activating group) is 1. The van der Waals surface area contributed by atoms with Crippen LogP contribution in [0.2, 0.25) is 0 Å². The van der Waals surface area contributed by atoms with Gasteiger partial charge >= 0.3 is 12.1 Å². The maximum absolute atomic E-state index is 14.3. The van der Waals surface area contributed by atoms with Crippen LogP contribution in [0.4, 0.5) is 24.5 Å². The molecule has 0 aliphatic carbocycles. The minimum atomic E-state index is -5.08. The molecule has 0 saturated carbocycles. The molecule has 0 bridgehead atoms. The Labute approximate surface area is 296 Å². The summed E-state index contributed by atoms with van der Waals surface area (Å²) >= 11 is 0. The first-order chi connectivity index (χ1) is 24.9. The van der Waals surface area contributed by atoms with Gasteiger partial charge in [-0.1, -0.05) is 30.3 Å². The van der Waals surface area contributed by atoms with Crippen molar-refractivity contribution in [3.8, 4) is 28.5 Å². The summed E-state index contributed by atoms with van der Waals surface area (Å²) < 4.78 is 41.1. The number of aliphatic carboxylic acids is 1. The summed E-state index contributed by atoms with van der Waals surface area (Å²) in [5.74, 6) is -2.63. The maximum Gasteiger partial charge on any atom is 0.490 e. The molecule has 13 nitrogen and oxygen atoms in total. The number of pyridine rings is 1. The Hall–Kier alpha value is -5.69. The van der Waals surface area contributed by atoms with E-state index in [2.05, 4.69) is 39.4 Å². The van der Waals surface area contributed by atoms with Crippen LogP contribution < -0.4 is 9.80 Å². The molecular formula is C36H36F3N9O4. The summed E-state index contributed by atoms with van der Waals surface area (Å²) in [6.45, 7) is 2.69. The summed E-state index contributed by atoms with van der Waals surface area (Å²) in [5.41, 5.74) is 6.78. The van der Waals surface area contributed by atoms with Crippen LogP contribution in [-0.4, -0.2) is 86.0 Å². The number of carboxylic acids is 1. The zero-order chi connectivity index (χ0) is 36.8. The highest BCUT2D eigenvalue weighted by Crippen LogP contribution is 2.53. The molecule has 270 valence electrons. The Morgan fingerprint density at radius 1 is 1.02 bits per heavy atom. The van der Waals surface area contributed by atoms with Crippen molar-refractivity contribution >= 4 is 34.3 Å². The number of benzene rings is 1. The number of rotatable bonds is 5. The molecule has 1 spiro atoms. The number of fused-ring (bicyclic) bond motifs is 4. The minimum absolute atomic E-state index is 0.125. The monoisotopic (exact) mass is 715 g/mol. The third-order valence-corrected chi connectivity index (χ3v) is 10.5. The Morgan fingerprint density at radius 2 is 1.71 bits per heavy atom. The molecule has 3 aliphatic heterocycles. The third kappa shape index (κ3) is 5.84. The van der Waals surface area contributed by atoms with Crippen molar-refractivity contribution in [2.75, 3.05) is 43.2 Å². The molecule has 0 atom stereocenters. The number of carboxylic acid groups (broad SMARTS) is 1. The van der Waals surface area contributed by atoms with Gasteiger partial charge in [0.15, 0.2) is 0 Å². The topological polar surface area (TPSA) is 158 Å². The molecule has 0 radical (unpaired) electrons. The lowest BCUT2D eigenvalue weighted by atomic mass is 9.72. The van der Waals surface area contributed by atoms with Crippen LogP contribution in [0, 0.1) is 11.3 Å². The number of aromatic amines is 1. The van der Waals surface area contributed by atoms with E-state index in [-0.39, 0.29) is 11.4 Å². The predicted octanol–water partition coefficient (Wildman–Crippen LogP) is 5.39. The zero-order valence-corrected chi connectivity index (χ0v) is 28.5. The molecule has 52 heavy (non-hydrogen) atoms. The van der Waals surface area contributed by atoms with Crippen molar-refractivity contribution in [1.29, 1.82) is 5.26 Å². The predicted molar refractivity (Wildman–Crippen MR) is 184 cm³/mol. The average molecular weight is 716 g/mol. The first kappa shape index (κ1) is 34.7. The number of hydrogen-bond acceptors (Lipinski definition) is 8. The summed E-state index contributed by atoms with van der Waals surface area (Å²) in [6, 6.07) is 12.7. The fourth-order valence-electron chi connectivity index (χ4n) is 7.81. The number of halogens is 3. The van der Waals surface area contributed by atoms with E-state index in [0.29, 0.717) is 45.6 Å². The van der Waals surface area contributed by atoms with Crippen molar-refractivity contribution in [2.45, 2.75) is 49.2 Å². The van der Waals surface area contributed by atoms with Crippen LogP contribution in [0.15, 0.2) is 61.3 Å². The molecule has 7 heterocycles. The molecule has 2 N–H and O–H groups in total. The third-order valence-electron chi connectivity index (χ3n) is 10.5. The summed E-state index contributed by atoms with van der Waals surface area (Å²) in [4.78, 5) is 35.8. The molecule has 1 amide bonds. The number of nitrogens with zero attached hydrogens (tertiary/aromatic N) is 8. The number of carbonyl (C=O) groups excluding carboxylic acids is 1. The first-order valence-electron chi connectivity index (χ1n) is 16.8. The largest absolute Gasteiger partial charge is 0.490 e. The summed E-state index contributed by atoms with van der Waals surface area (Å²) in [6.07, 6.45) is 7.92. The summed E-state index contributed by atoms with van der Waals surface area (Å²) in [5, 5.41) is 26.9. The smallest absolute Gasteiger partial charge is 0.475 e. The molecule has 2 fully saturated rings. The molecule has 5 aromatic rings. The normalized spacial score (nSPS) is 17.9. The molecule has 8 rings (SSSR count). The van der Waals surface area contributed by atoms with Gasteiger partial charge in [-0.25, -0.2) is 9.78 Å². The van der Waals surface area contributed by atoms with E-state index in [0.717, 1.165) is 63.2 Å². The molecule has 1 aromatic carbocycles. The quantitative estimate of drug-likeness (QED) is 0.243. The van der Waals surface area contributed by atoms with Crippen molar-refractivity contribution in [3.63, 3.8) is 0 Å². The number of piperidine rings is 1. The van der Waals surface area contributed by atoms with Gasteiger partial charge in [0.2, 0.25) is 5.91 Å². The van der Waals surface area contributed by atoms with Crippen LogP contribution >= 0.6 is 0 Å². The minimum Gasteiger partial charge on any atom is -0.475 e. The number of aryl methyl sites for hydroxylation is 1. The molecule has 3 aliphatic rings. The van der Waals surface area contributed by atoms with Gasteiger partial charge in [-0.3, -0.25) is 14.2 Å². The molecule has 0 unspecified atom stereocenters. The number of ether oxygens (including phenoxy) is 1. The molecular weight excluding hydrogens is 679 g/mol. The van der Waals surface area contributed by atoms with Crippen LogP contribution in [0.1, 0.15) is 37.7 Å². The van der Waals surface area contributed by atoms with Gasteiger partial charge in [0.25, 0.3) is 0 Å². The SMILES string of the molecule is CN1C(=O)C2(CCN(c3cnn(C4(CC#N)CCOCC4)c3)CC2)c2c1cnc1[nH]c(-c3cnn(C)c3)c(-c3ccccc3)c21.O=C(O)C(F)(F)F. The van der Waals surface area contributed by atoms with E-state index < -0.39 is 17.6 Å². The number of nitriles is 1. The second-order valence-electron chi connectivity index (χ2n) is 13.4. The van der Waals surface area contributed by atoms with Gasteiger partial charge in [0, 0.05) is 74.9 Å². The first-order valence-corrected chi connectivity index (χ1v) is 16.8. The van der Waals surface area contributed by atoms with Crippen LogP contribution in [0.25, 0.3) is 33.4 Å². The highest BCUT2D eigenvalue weighted by Gasteiger charge is 2.53. The highest BCUT2D eigenvalue weighted by atomic mass is 19.4. The second-order valence-corrected chi connectivity index (χ2v) is 13.4. The number of aromatic nitrogens is 6. The molecule has 16 heteroatoms. The van der Waals surface area contributed by atoms with Crippen LogP contribution in [0.5, 0.6) is 0 Å². The van der Waals surface area contributed by atoms with Crippen molar-refractivity contribution in [1.82, 2.24) is 29.5 Å². The number of carbonyl (C=O) groups is 2. The van der Waals surface area contributed by atoms with Crippen LogP contribution in [-0.2, 0) is 32.3 Å². The van der Waals surface area contributed by atoms with Gasteiger partial charge < -0.3 is 24.6 Å². The summed E-state index contributed by atoms with van der Waals surface area (Å²) in [7, 11) is 3.79. The van der Waals surface area contributed by atoms with Crippen molar-refractivity contribution in [2.24, 2.45) is 7.05 Å². The average Bonchev–Trinajstić information content (AvgIpc) is 3.93. The molecule has 2 saturated heterocycles. The van der Waals surface area contributed by atoms with Crippen molar-refractivity contribution < 1.29 is 32.6 Å². The Morgan fingerprint density at radius 3 is 2.33 bits per heavy atom. The standard InChI is InChI=1S/C34H35N9O2.C2HF3O2/c1-40-21-24(18-37-40)30-27(23-6-4-3-5-7-23)28-29-26(20-36-31(28)39-30)41(2)32(44)34(29)9-14-42(15-10-34)25-19-38-43(22-25)33(8-13-35)11-16-45-17-12-33;3-2(4,5)1(6)7/h3-7,18-22H,8-12,14-17H2,1-2H3,(H,36,39);(H,6,7). The fraction of sp³-hybridized carbons (Fsp3) is 0.389. The number of alkyl halides is 3. The number of hydrogen-bond donors (Lipinski definition) is 2.